The molecule has 0 saturated heterocycles. The first-order valence-corrected chi connectivity index (χ1v) is 13.2. The van der Waals surface area contributed by atoms with Crippen molar-refractivity contribution in [2.45, 2.75) is 38.4 Å². The molecule has 4 aromatic rings. The lowest BCUT2D eigenvalue weighted by Crippen LogP contribution is -2.50. The first kappa shape index (κ1) is 26.8. The molecule has 1 aromatic heterocycles. The van der Waals surface area contributed by atoms with Gasteiger partial charge >= 0.3 is 5.97 Å². The summed E-state index contributed by atoms with van der Waals surface area (Å²) >= 11 is 12.2. The Balaban J connectivity index is 1.48. The van der Waals surface area contributed by atoms with Crippen LogP contribution in [0.15, 0.2) is 73.1 Å². The maximum absolute atomic E-state index is 14.1. The smallest absolute Gasteiger partial charge is 0.326 e. The third kappa shape index (κ3) is 5.51. The van der Waals surface area contributed by atoms with Gasteiger partial charge in [0, 0.05) is 28.7 Å². The van der Waals surface area contributed by atoms with Crippen LogP contribution in [0, 0.1) is 6.92 Å². The maximum atomic E-state index is 14.1. The van der Waals surface area contributed by atoms with Crippen LogP contribution in [0.4, 0.5) is 0 Å². The van der Waals surface area contributed by atoms with E-state index in [1.807, 2.05) is 29.7 Å². The number of halogens is 2. The molecule has 1 amide bonds. The van der Waals surface area contributed by atoms with E-state index in [1.165, 1.54) is 4.90 Å². The minimum Gasteiger partial charge on any atom is -0.496 e. The summed E-state index contributed by atoms with van der Waals surface area (Å²) in [5.41, 5.74) is 4.99. The molecule has 0 fully saturated rings. The van der Waals surface area contributed by atoms with Crippen molar-refractivity contribution in [1.29, 1.82) is 0 Å². The van der Waals surface area contributed by atoms with Crippen molar-refractivity contribution < 1.29 is 19.4 Å². The van der Waals surface area contributed by atoms with Gasteiger partial charge in [0.1, 0.15) is 11.8 Å². The van der Waals surface area contributed by atoms with Gasteiger partial charge < -0.3 is 19.3 Å². The molecule has 0 aliphatic carbocycles. The van der Waals surface area contributed by atoms with Gasteiger partial charge in [-0.1, -0.05) is 59.6 Å². The molecule has 1 atom stereocenters. The highest BCUT2D eigenvalue weighted by Crippen LogP contribution is 2.33. The van der Waals surface area contributed by atoms with E-state index >= 15 is 0 Å². The van der Waals surface area contributed by atoms with Crippen LogP contribution in [0.3, 0.4) is 0 Å². The predicted molar refractivity (Wildman–Crippen MR) is 149 cm³/mol. The van der Waals surface area contributed by atoms with Crippen molar-refractivity contribution >= 4 is 35.1 Å². The number of carboxylic acids is 1. The summed E-state index contributed by atoms with van der Waals surface area (Å²) in [5.74, 6) is -1.30. The number of rotatable bonds is 7. The Kier molecular flexibility index (Phi) is 7.64. The van der Waals surface area contributed by atoms with E-state index in [1.54, 1.807) is 62.0 Å². The fraction of sp³-hybridized carbons (Fsp3) is 0.233. The molecule has 9 heteroatoms. The van der Waals surface area contributed by atoms with E-state index in [0.29, 0.717) is 33.4 Å². The van der Waals surface area contributed by atoms with E-state index in [2.05, 4.69) is 4.98 Å². The molecule has 7 nitrogen and oxygen atoms in total. The fourth-order valence-electron chi connectivity index (χ4n) is 5.16. The summed E-state index contributed by atoms with van der Waals surface area (Å²) in [5, 5.41) is 11.3. The zero-order valence-electron chi connectivity index (χ0n) is 21.5. The van der Waals surface area contributed by atoms with Gasteiger partial charge in [0.15, 0.2) is 0 Å². The van der Waals surface area contributed by atoms with Crippen LogP contribution in [0.25, 0.3) is 0 Å². The van der Waals surface area contributed by atoms with Crippen molar-refractivity contribution in [1.82, 2.24) is 14.5 Å². The lowest BCUT2D eigenvalue weighted by atomic mass is 9.88. The molecular formula is C30H27Cl2N3O4. The van der Waals surface area contributed by atoms with Gasteiger partial charge in [-0.25, -0.2) is 9.78 Å². The summed E-state index contributed by atoms with van der Waals surface area (Å²) < 4.78 is 7.32. The third-order valence-electron chi connectivity index (χ3n) is 7.15. The van der Waals surface area contributed by atoms with Gasteiger partial charge in [-0.3, -0.25) is 4.79 Å². The number of hydrogen-bond donors (Lipinski definition) is 1. The highest BCUT2D eigenvalue weighted by Gasteiger charge is 2.40. The molecule has 0 unspecified atom stereocenters. The van der Waals surface area contributed by atoms with Gasteiger partial charge in [0.2, 0.25) is 5.91 Å². The number of methoxy groups -OCH3 is 1. The van der Waals surface area contributed by atoms with Crippen LogP contribution in [0.2, 0.25) is 10.0 Å². The Morgan fingerprint density at radius 1 is 1.03 bits per heavy atom. The lowest BCUT2D eigenvalue weighted by molar-refractivity contribution is -0.151. The minimum atomic E-state index is -1.06. The first-order valence-electron chi connectivity index (χ1n) is 12.5. The number of carbonyl (C=O) groups is 2. The van der Waals surface area contributed by atoms with Gasteiger partial charge in [0.25, 0.3) is 0 Å². The number of amides is 1. The summed E-state index contributed by atoms with van der Waals surface area (Å²) in [7, 11) is 1.64. The Morgan fingerprint density at radius 2 is 1.64 bits per heavy atom. The van der Waals surface area contributed by atoms with Gasteiger partial charge in [-0.15, -0.1) is 0 Å². The average Bonchev–Trinajstić information content (AvgIpc) is 3.31. The standard InChI is InChI=1S/C30H27Cl2N3O4/c1-18-13-19(3-12-27(18)39-2)15-34-17-33-24-16-35(26(30(37)38)14-25(24)34)29(36)28(20-4-8-22(31)9-5-20)21-6-10-23(32)11-7-21/h3-13,17,26,28H,14-16H2,1-2H3,(H,37,38)/t26-/m0/s1. The molecule has 0 spiro atoms. The lowest BCUT2D eigenvalue weighted by Gasteiger charge is -2.35. The molecule has 0 bridgehead atoms. The van der Waals surface area contributed by atoms with Crippen LogP contribution >= 0.6 is 23.2 Å². The van der Waals surface area contributed by atoms with Gasteiger partial charge in [-0.05, 0) is 59.5 Å². The van der Waals surface area contributed by atoms with E-state index in [9.17, 15) is 14.7 Å². The third-order valence-corrected chi connectivity index (χ3v) is 7.65. The quantitative estimate of drug-likeness (QED) is 0.310. The van der Waals surface area contributed by atoms with E-state index in [4.69, 9.17) is 27.9 Å². The molecule has 2 heterocycles. The molecular weight excluding hydrogens is 537 g/mol. The van der Waals surface area contributed by atoms with E-state index in [0.717, 1.165) is 22.6 Å². The summed E-state index contributed by atoms with van der Waals surface area (Å²) in [4.78, 5) is 32.6. The number of carbonyl (C=O) groups excluding carboxylic acids is 1. The molecule has 1 aliphatic rings. The number of ether oxygens (including phenoxy) is 1. The zero-order valence-corrected chi connectivity index (χ0v) is 23.0. The van der Waals surface area contributed by atoms with Crippen LogP contribution < -0.4 is 4.74 Å². The number of aliphatic carboxylic acids is 1. The second-order valence-corrected chi connectivity index (χ2v) is 10.5. The predicted octanol–water partition coefficient (Wildman–Crippen LogP) is 5.73. The van der Waals surface area contributed by atoms with Crippen molar-refractivity contribution in [3.8, 4) is 5.75 Å². The van der Waals surface area contributed by atoms with Gasteiger partial charge in [-0.2, -0.15) is 0 Å². The topological polar surface area (TPSA) is 84.7 Å². The van der Waals surface area contributed by atoms with Gasteiger partial charge in [0.05, 0.1) is 31.6 Å². The Morgan fingerprint density at radius 3 is 2.18 bits per heavy atom. The summed E-state index contributed by atoms with van der Waals surface area (Å²) in [6, 6.07) is 18.9. The molecule has 5 rings (SSSR count). The van der Waals surface area contributed by atoms with Crippen LogP contribution in [0.1, 0.15) is 39.6 Å². The molecule has 3 aromatic carbocycles. The molecule has 200 valence electrons. The molecule has 1 N–H and O–H groups in total. The normalized spacial score (nSPS) is 14.8. The molecule has 0 radical (unpaired) electrons. The fourth-order valence-corrected chi connectivity index (χ4v) is 5.41. The number of aryl methyl sites for hydroxylation is 1. The van der Waals surface area contributed by atoms with Crippen molar-refractivity contribution in [2.24, 2.45) is 0 Å². The SMILES string of the molecule is COc1ccc(Cn2cnc3c2C[C@@H](C(=O)O)N(C(=O)C(c2ccc(Cl)cc2)c2ccc(Cl)cc2)C3)cc1C. The molecule has 1 aliphatic heterocycles. The monoisotopic (exact) mass is 563 g/mol. The van der Waals surface area contributed by atoms with Crippen molar-refractivity contribution in [3.05, 3.63) is 117 Å². The van der Waals surface area contributed by atoms with E-state index in [-0.39, 0.29) is 18.9 Å². The Hall–Kier alpha value is -3.81. The van der Waals surface area contributed by atoms with E-state index < -0.39 is 17.9 Å². The minimum absolute atomic E-state index is 0.0947. The Bertz CT molecular complexity index is 1470. The number of fused-ring (bicyclic) bond motifs is 1. The number of hydrogen-bond acceptors (Lipinski definition) is 4. The highest BCUT2D eigenvalue weighted by molar-refractivity contribution is 6.30. The van der Waals surface area contributed by atoms with Crippen LogP contribution in [0.5, 0.6) is 5.75 Å². The average molecular weight is 564 g/mol. The maximum Gasteiger partial charge on any atom is 0.326 e. The number of carboxylic acid groups (broad SMARTS) is 1. The molecule has 0 saturated carbocycles. The second-order valence-electron chi connectivity index (χ2n) is 9.63. The molecule has 39 heavy (non-hydrogen) atoms. The zero-order chi connectivity index (χ0) is 27.7. The largest absolute Gasteiger partial charge is 0.496 e. The first-order chi connectivity index (χ1) is 18.7. The van der Waals surface area contributed by atoms with Crippen LogP contribution in [-0.4, -0.2) is 44.6 Å². The summed E-state index contributed by atoms with van der Waals surface area (Å²) in [6.07, 6.45) is 1.87. The number of nitrogens with zero attached hydrogens (tertiary/aromatic N) is 3. The van der Waals surface area contributed by atoms with Crippen LogP contribution in [-0.2, 0) is 29.1 Å². The number of benzene rings is 3. The number of imidazole rings is 1. The second kappa shape index (κ2) is 11.1. The van der Waals surface area contributed by atoms with Crippen molar-refractivity contribution in [2.75, 3.05) is 7.11 Å². The highest BCUT2D eigenvalue weighted by atomic mass is 35.5. The number of aromatic nitrogens is 2. The Labute approximate surface area is 236 Å². The van der Waals surface area contributed by atoms with Crippen molar-refractivity contribution in [3.63, 3.8) is 0 Å². The summed E-state index contributed by atoms with van der Waals surface area (Å²) in [6.45, 7) is 2.61.